The quantitative estimate of drug-likeness (QED) is 0.611. The first-order valence-corrected chi connectivity index (χ1v) is 6.22. The van der Waals surface area contributed by atoms with E-state index in [1.54, 1.807) is 0 Å². The van der Waals surface area contributed by atoms with E-state index in [2.05, 4.69) is 15.2 Å². The van der Waals surface area contributed by atoms with Gasteiger partial charge in [0.2, 0.25) is 5.95 Å². The first-order chi connectivity index (χ1) is 9.59. The number of aromatic nitrogens is 5. The lowest BCUT2D eigenvalue weighted by Gasteiger charge is -2.26. The summed E-state index contributed by atoms with van der Waals surface area (Å²) in [7, 11) is 2.95. The van der Waals surface area contributed by atoms with Crippen molar-refractivity contribution in [2.24, 2.45) is 14.1 Å². The van der Waals surface area contributed by atoms with Gasteiger partial charge in [-0.05, 0) is 0 Å². The van der Waals surface area contributed by atoms with Gasteiger partial charge in [-0.15, -0.1) is 10.2 Å². The normalized spacial score (nSPS) is 15.8. The van der Waals surface area contributed by atoms with Gasteiger partial charge in [-0.1, -0.05) is 0 Å². The van der Waals surface area contributed by atoms with Crippen LogP contribution in [-0.2, 0) is 18.8 Å². The molecule has 0 aliphatic carbocycles. The van der Waals surface area contributed by atoms with Crippen LogP contribution in [0.2, 0.25) is 0 Å². The molecule has 2 aromatic heterocycles. The van der Waals surface area contributed by atoms with Crippen LogP contribution < -0.4 is 16.1 Å². The number of morpholine rings is 1. The Hall–Kier alpha value is -2.29. The maximum absolute atomic E-state index is 12.1. The minimum atomic E-state index is -0.465. The number of aryl methyl sites for hydroxylation is 1. The fourth-order valence-corrected chi connectivity index (χ4v) is 2.14. The molecule has 1 aliphatic rings. The Labute approximate surface area is 113 Å². The summed E-state index contributed by atoms with van der Waals surface area (Å²) in [5.41, 5.74) is -0.577. The zero-order valence-electron chi connectivity index (χ0n) is 11.2. The molecule has 1 fully saturated rings. The monoisotopic (exact) mass is 278 g/mol. The molecular weight excluding hydrogens is 264 g/mol. The number of fused-ring (bicyclic) bond motifs is 1. The predicted octanol–water partition coefficient (Wildman–Crippen LogP) is -1.74. The Morgan fingerprint density at radius 3 is 2.45 bits per heavy atom. The van der Waals surface area contributed by atoms with Crippen LogP contribution in [0.25, 0.3) is 11.2 Å². The summed E-state index contributed by atoms with van der Waals surface area (Å²) in [5.74, 6) is 0.386. The molecule has 9 nitrogen and oxygen atoms in total. The molecule has 0 amide bonds. The van der Waals surface area contributed by atoms with E-state index >= 15 is 0 Å². The van der Waals surface area contributed by atoms with E-state index in [0.717, 1.165) is 4.57 Å². The number of rotatable bonds is 1. The van der Waals surface area contributed by atoms with E-state index in [-0.39, 0.29) is 11.2 Å². The molecule has 0 radical (unpaired) electrons. The summed E-state index contributed by atoms with van der Waals surface area (Å²) in [5, 5.41) is 7.98. The van der Waals surface area contributed by atoms with Crippen molar-refractivity contribution in [1.82, 2.24) is 24.3 Å². The highest BCUT2D eigenvalue weighted by Gasteiger charge is 2.18. The number of nitrogens with zero attached hydrogens (tertiary/aromatic N) is 6. The third-order valence-corrected chi connectivity index (χ3v) is 3.35. The Morgan fingerprint density at radius 1 is 1.05 bits per heavy atom. The largest absolute Gasteiger partial charge is 0.378 e. The van der Waals surface area contributed by atoms with Crippen molar-refractivity contribution in [3.63, 3.8) is 0 Å². The second-order valence-electron chi connectivity index (χ2n) is 4.59. The summed E-state index contributed by atoms with van der Waals surface area (Å²) in [6, 6.07) is 0. The van der Waals surface area contributed by atoms with Crippen LogP contribution >= 0.6 is 0 Å². The highest BCUT2D eigenvalue weighted by molar-refractivity contribution is 5.69. The maximum atomic E-state index is 12.1. The minimum absolute atomic E-state index is 0.145. The van der Waals surface area contributed by atoms with Gasteiger partial charge >= 0.3 is 5.69 Å². The average molecular weight is 278 g/mol. The van der Waals surface area contributed by atoms with Gasteiger partial charge in [0.05, 0.1) is 13.2 Å². The lowest BCUT2D eigenvalue weighted by molar-refractivity contribution is 0.122. The van der Waals surface area contributed by atoms with Crippen LogP contribution in [0.3, 0.4) is 0 Å². The first-order valence-electron chi connectivity index (χ1n) is 6.22. The molecule has 0 aromatic carbocycles. The number of ether oxygens (including phenoxy) is 1. The lowest BCUT2D eigenvalue weighted by Crippen LogP contribution is -2.40. The minimum Gasteiger partial charge on any atom is -0.378 e. The van der Waals surface area contributed by atoms with E-state index in [1.165, 1.54) is 18.7 Å². The highest BCUT2D eigenvalue weighted by atomic mass is 16.5. The summed E-state index contributed by atoms with van der Waals surface area (Å²) >= 11 is 0. The van der Waals surface area contributed by atoms with Gasteiger partial charge in [0.15, 0.2) is 11.2 Å². The highest BCUT2D eigenvalue weighted by Crippen LogP contribution is 2.10. The van der Waals surface area contributed by atoms with Crippen molar-refractivity contribution in [3.05, 3.63) is 20.8 Å². The van der Waals surface area contributed by atoms with E-state index in [9.17, 15) is 9.59 Å². The van der Waals surface area contributed by atoms with Crippen LogP contribution in [0.15, 0.2) is 9.59 Å². The Bertz CT molecular complexity index is 774. The van der Waals surface area contributed by atoms with E-state index in [0.29, 0.717) is 32.3 Å². The first kappa shape index (κ1) is 12.7. The number of hydrogen-bond donors (Lipinski definition) is 0. The Kier molecular flexibility index (Phi) is 2.97. The molecule has 1 saturated heterocycles. The zero-order chi connectivity index (χ0) is 14.3. The van der Waals surface area contributed by atoms with Gasteiger partial charge in [0.25, 0.3) is 5.56 Å². The number of hydrogen-bond acceptors (Lipinski definition) is 7. The molecule has 0 atom stereocenters. The van der Waals surface area contributed by atoms with Crippen LogP contribution in [0, 0.1) is 0 Å². The fraction of sp³-hybridized carbons (Fsp3) is 0.545. The van der Waals surface area contributed by atoms with Crippen LogP contribution in [-0.4, -0.2) is 50.6 Å². The van der Waals surface area contributed by atoms with Crippen molar-refractivity contribution >= 4 is 17.1 Å². The SMILES string of the molecule is Cn1c(=O)c2nc(N3CCOCC3)nnc2n(C)c1=O. The summed E-state index contributed by atoms with van der Waals surface area (Å²) in [4.78, 5) is 30.1. The molecule has 2 aromatic rings. The van der Waals surface area contributed by atoms with Gasteiger partial charge in [-0.2, -0.15) is 0 Å². The van der Waals surface area contributed by atoms with Crippen molar-refractivity contribution in [2.75, 3.05) is 31.2 Å². The zero-order valence-corrected chi connectivity index (χ0v) is 11.2. The summed E-state index contributed by atoms with van der Waals surface area (Å²) < 4.78 is 7.54. The smallest absolute Gasteiger partial charge is 0.332 e. The van der Waals surface area contributed by atoms with E-state index < -0.39 is 11.2 Å². The Balaban J connectivity index is 2.20. The summed E-state index contributed by atoms with van der Waals surface area (Å²) in [6.45, 7) is 2.48. The average Bonchev–Trinajstić information content (AvgIpc) is 2.51. The maximum Gasteiger partial charge on any atom is 0.332 e. The van der Waals surface area contributed by atoms with Crippen molar-refractivity contribution in [2.45, 2.75) is 0 Å². The van der Waals surface area contributed by atoms with E-state index in [1.807, 2.05) is 4.90 Å². The predicted molar refractivity (Wildman–Crippen MR) is 70.8 cm³/mol. The Morgan fingerprint density at radius 2 is 1.75 bits per heavy atom. The molecule has 0 unspecified atom stereocenters. The molecule has 20 heavy (non-hydrogen) atoms. The van der Waals surface area contributed by atoms with Crippen molar-refractivity contribution < 1.29 is 4.74 Å². The molecular formula is C11H14N6O3. The van der Waals surface area contributed by atoms with Gasteiger partial charge in [-0.25, -0.2) is 9.78 Å². The van der Waals surface area contributed by atoms with Gasteiger partial charge in [0, 0.05) is 27.2 Å². The standard InChI is InChI=1S/C11H14N6O3/c1-15-8-7(9(18)16(2)11(15)19)12-10(14-13-8)17-3-5-20-6-4-17/h3-6H2,1-2H3. The molecule has 1 aliphatic heterocycles. The molecule has 0 spiro atoms. The molecule has 0 saturated carbocycles. The molecule has 3 rings (SSSR count). The summed E-state index contributed by atoms with van der Waals surface area (Å²) in [6.07, 6.45) is 0. The van der Waals surface area contributed by atoms with Crippen molar-refractivity contribution in [1.29, 1.82) is 0 Å². The van der Waals surface area contributed by atoms with Gasteiger partial charge in [-0.3, -0.25) is 13.9 Å². The molecule has 106 valence electrons. The van der Waals surface area contributed by atoms with E-state index in [4.69, 9.17) is 4.74 Å². The van der Waals surface area contributed by atoms with Gasteiger partial charge < -0.3 is 9.64 Å². The fourth-order valence-electron chi connectivity index (χ4n) is 2.14. The second kappa shape index (κ2) is 4.67. The number of anilines is 1. The third-order valence-electron chi connectivity index (χ3n) is 3.35. The molecule has 0 N–H and O–H groups in total. The molecule has 3 heterocycles. The van der Waals surface area contributed by atoms with Crippen LogP contribution in [0.5, 0.6) is 0 Å². The van der Waals surface area contributed by atoms with Crippen LogP contribution in [0.4, 0.5) is 5.95 Å². The molecule has 0 bridgehead atoms. The second-order valence-corrected chi connectivity index (χ2v) is 4.59. The lowest BCUT2D eigenvalue weighted by atomic mass is 10.4. The van der Waals surface area contributed by atoms with Crippen LogP contribution in [0.1, 0.15) is 0 Å². The van der Waals surface area contributed by atoms with Gasteiger partial charge in [0.1, 0.15) is 0 Å². The molecule has 9 heteroatoms. The van der Waals surface area contributed by atoms with Crippen molar-refractivity contribution in [3.8, 4) is 0 Å². The topological polar surface area (TPSA) is 95.1 Å². The third kappa shape index (κ3) is 1.86.